The first-order valence-corrected chi connectivity index (χ1v) is 18.1. The average Bonchev–Trinajstić information content (AvgIpc) is 3.52. The second-order valence-corrected chi connectivity index (χ2v) is 12.4. The van der Waals surface area contributed by atoms with Crippen molar-refractivity contribution in [3.8, 4) is 11.1 Å². The highest BCUT2D eigenvalue weighted by Gasteiger charge is 2.46. The summed E-state index contributed by atoms with van der Waals surface area (Å²) in [5.41, 5.74) is 12.1. The van der Waals surface area contributed by atoms with Crippen molar-refractivity contribution in [3.05, 3.63) is 209 Å². The first-order valence-electron chi connectivity index (χ1n) is 18.1. The lowest BCUT2D eigenvalue weighted by molar-refractivity contribution is 0.775. The lowest BCUT2D eigenvalue weighted by atomic mass is 9.66. The third-order valence-corrected chi connectivity index (χ3v) is 9.63. The van der Waals surface area contributed by atoms with Gasteiger partial charge in [0.25, 0.3) is 0 Å². The number of aliphatic imine (C=N–C) groups is 2. The summed E-state index contributed by atoms with van der Waals surface area (Å²) in [5, 5.41) is 2.52. The van der Waals surface area contributed by atoms with Gasteiger partial charge in [-0.2, -0.15) is 0 Å². The Kier molecular flexibility index (Phi) is 11.1. The van der Waals surface area contributed by atoms with Crippen LogP contribution in [0.3, 0.4) is 0 Å². The van der Waals surface area contributed by atoms with E-state index in [1.54, 1.807) is 0 Å². The van der Waals surface area contributed by atoms with Crippen LogP contribution in [0.2, 0.25) is 0 Å². The third kappa shape index (κ3) is 6.70. The van der Waals surface area contributed by atoms with E-state index in [0.717, 1.165) is 29.0 Å². The summed E-state index contributed by atoms with van der Waals surface area (Å²) in [7, 11) is 0. The Morgan fingerprint density at radius 2 is 1.31 bits per heavy atom. The molecule has 6 aromatic rings. The van der Waals surface area contributed by atoms with E-state index >= 15 is 0 Å². The van der Waals surface area contributed by atoms with E-state index < -0.39 is 5.41 Å². The largest absolute Gasteiger partial charge is 0.280 e. The fraction of sp³-hybridized carbons (Fsp3) is 0.143. The first-order chi connectivity index (χ1) is 25.2. The molecular formula is C49H46N2. The number of benzene rings is 6. The van der Waals surface area contributed by atoms with Gasteiger partial charge in [0.05, 0.1) is 23.4 Å². The second kappa shape index (κ2) is 16.2. The molecule has 7 rings (SSSR count). The van der Waals surface area contributed by atoms with E-state index in [1.165, 1.54) is 49.7 Å². The van der Waals surface area contributed by atoms with Gasteiger partial charge in [-0.25, -0.2) is 0 Å². The van der Waals surface area contributed by atoms with Crippen LogP contribution >= 0.6 is 0 Å². The number of allylic oxidation sites excluding steroid dienone is 3. The van der Waals surface area contributed by atoms with Gasteiger partial charge in [-0.1, -0.05) is 185 Å². The molecule has 0 aliphatic heterocycles. The van der Waals surface area contributed by atoms with Gasteiger partial charge < -0.3 is 0 Å². The Bertz CT molecular complexity index is 2240. The predicted molar refractivity (Wildman–Crippen MR) is 221 cm³/mol. The minimum Gasteiger partial charge on any atom is -0.280 e. The molecule has 1 aliphatic rings. The number of nitrogens with zero attached hydrogens (tertiary/aromatic N) is 2. The maximum Gasteiger partial charge on any atom is 0.0719 e. The van der Waals surface area contributed by atoms with Gasteiger partial charge in [0.1, 0.15) is 0 Å². The number of hydrogen-bond donors (Lipinski definition) is 0. The molecule has 1 aliphatic carbocycles. The van der Waals surface area contributed by atoms with E-state index in [9.17, 15) is 0 Å². The first kappa shape index (κ1) is 35.0. The van der Waals surface area contributed by atoms with Crippen LogP contribution in [-0.2, 0) is 5.41 Å². The molecule has 1 unspecified atom stereocenters. The van der Waals surface area contributed by atoms with E-state index in [2.05, 4.69) is 177 Å². The molecule has 0 amide bonds. The van der Waals surface area contributed by atoms with Crippen molar-refractivity contribution in [1.29, 1.82) is 0 Å². The molecule has 0 saturated carbocycles. The predicted octanol–water partition coefficient (Wildman–Crippen LogP) is 12.7. The highest BCUT2D eigenvalue weighted by Crippen LogP contribution is 2.57. The van der Waals surface area contributed by atoms with Crippen molar-refractivity contribution in [1.82, 2.24) is 0 Å². The van der Waals surface area contributed by atoms with Crippen LogP contribution in [0.5, 0.6) is 0 Å². The minimum atomic E-state index is -0.499. The fourth-order valence-corrected chi connectivity index (χ4v) is 7.29. The Morgan fingerprint density at radius 3 is 2.02 bits per heavy atom. The van der Waals surface area contributed by atoms with Crippen molar-refractivity contribution in [2.75, 3.05) is 6.54 Å². The van der Waals surface area contributed by atoms with Gasteiger partial charge in [0.15, 0.2) is 0 Å². The zero-order chi connectivity index (χ0) is 35.6. The van der Waals surface area contributed by atoms with Crippen LogP contribution in [0.15, 0.2) is 185 Å². The van der Waals surface area contributed by atoms with Gasteiger partial charge in [0.2, 0.25) is 0 Å². The SMILES string of the molecule is C=N/C(=C\C(=NCC(/C=C\CC)=C/C)c1ccc(C2(c3ccccc3)c3ccccc3-c3ccc4ccccc4c32)cc1)c1ccccc1.CC. The molecule has 0 bridgehead atoms. The molecule has 1 atom stereocenters. The second-order valence-electron chi connectivity index (χ2n) is 12.4. The lowest BCUT2D eigenvalue weighted by Crippen LogP contribution is -2.29. The van der Waals surface area contributed by atoms with Crippen LogP contribution in [0, 0.1) is 0 Å². The fourth-order valence-electron chi connectivity index (χ4n) is 7.29. The molecule has 252 valence electrons. The summed E-state index contributed by atoms with van der Waals surface area (Å²) in [5.74, 6) is 0. The molecule has 0 heterocycles. The molecule has 2 heteroatoms. The standard InChI is InChI=1S/C47H40N2.C2H6/c1-4-6-17-34(5-2)33-49-45(32-44(48-3)36-19-9-7-10-20-36)37-26-29-39(30-27-37)47(38-21-11-8-12-22-38)43-25-16-15-24-41(43)42-31-28-35-18-13-14-23-40(35)46(42)47;1-2/h5-32H,3-4,33H2,1-2H3;1-2H3/b17-6-,34-5+,44-32-,49-45?;. The number of fused-ring (bicyclic) bond motifs is 5. The van der Waals surface area contributed by atoms with E-state index in [0.29, 0.717) is 6.54 Å². The topological polar surface area (TPSA) is 24.7 Å². The number of rotatable bonds is 10. The highest BCUT2D eigenvalue weighted by atomic mass is 14.8. The maximum atomic E-state index is 5.18. The Balaban J connectivity index is 0.00000220. The van der Waals surface area contributed by atoms with E-state index in [-0.39, 0.29) is 0 Å². The monoisotopic (exact) mass is 662 g/mol. The summed E-state index contributed by atoms with van der Waals surface area (Å²) in [6.45, 7) is 12.7. The normalized spacial score (nSPS) is 15.6. The van der Waals surface area contributed by atoms with Crippen LogP contribution in [-0.4, -0.2) is 19.0 Å². The minimum absolute atomic E-state index is 0.499. The lowest BCUT2D eigenvalue weighted by Gasteiger charge is -2.34. The molecule has 2 nitrogen and oxygen atoms in total. The molecular weight excluding hydrogens is 617 g/mol. The Hall–Kier alpha value is -5.86. The van der Waals surface area contributed by atoms with Crippen molar-refractivity contribution < 1.29 is 0 Å². The van der Waals surface area contributed by atoms with Crippen molar-refractivity contribution >= 4 is 28.9 Å². The molecule has 51 heavy (non-hydrogen) atoms. The summed E-state index contributed by atoms with van der Waals surface area (Å²) in [6, 6.07) is 52.5. The maximum absolute atomic E-state index is 5.18. The van der Waals surface area contributed by atoms with Crippen LogP contribution in [0.25, 0.3) is 27.6 Å². The van der Waals surface area contributed by atoms with E-state index in [1.807, 2.05) is 32.0 Å². The van der Waals surface area contributed by atoms with Gasteiger partial charge in [-0.05, 0) is 81.4 Å². The van der Waals surface area contributed by atoms with Crippen molar-refractivity contribution in [3.63, 3.8) is 0 Å². The van der Waals surface area contributed by atoms with Gasteiger partial charge in [0, 0.05) is 5.56 Å². The smallest absolute Gasteiger partial charge is 0.0719 e. The molecule has 0 N–H and O–H groups in total. The average molecular weight is 663 g/mol. The summed E-state index contributed by atoms with van der Waals surface area (Å²) < 4.78 is 0. The molecule has 0 spiro atoms. The molecule has 0 radical (unpaired) electrons. The van der Waals surface area contributed by atoms with Crippen LogP contribution in [0.4, 0.5) is 0 Å². The van der Waals surface area contributed by atoms with Crippen LogP contribution < -0.4 is 0 Å². The van der Waals surface area contributed by atoms with Gasteiger partial charge >= 0.3 is 0 Å². The summed E-state index contributed by atoms with van der Waals surface area (Å²) in [4.78, 5) is 9.61. The zero-order valence-corrected chi connectivity index (χ0v) is 30.2. The molecule has 0 saturated heterocycles. The van der Waals surface area contributed by atoms with Gasteiger partial charge in [-0.3, -0.25) is 9.98 Å². The molecule has 6 aromatic carbocycles. The Labute approximate surface area is 304 Å². The molecule has 0 fully saturated rings. The van der Waals surface area contributed by atoms with Gasteiger partial charge in [-0.15, -0.1) is 0 Å². The summed E-state index contributed by atoms with van der Waals surface area (Å²) >= 11 is 0. The van der Waals surface area contributed by atoms with Crippen molar-refractivity contribution in [2.45, 2.75) is 39.5 Å². The summed E-state index contributed by atoms with van der Waals surface area (Å²) in [6.07, 6.45) is 9.53. The Morgan fingerprint density at radius 1 is 0.667 bits per heavy atom. The zero-order valence-electron chi connectivity index (χ0n) is 30.2. The van der Waals surface area contributed by atoms with Crippen LogP contribution in [0.1, 0.15) is 67.5 Å². The molecule has 0 aromatic heterocycles. The third-order valence-electron chi connectivity index (χ3n) is 9.63. The van der Waals surface area contributed by atoms with Crippen molar-refractivity contribution in [2.24, 2.45) is 9.98 Å². The van der Waals surface area contributed by atoms with E-state index in [4.69, 9.17) is 4.99 Å². The quantitative estimate of drug-likeness (QED) is 0.103. The highest BCUT2D eigenvalue weighted by molar-refractivity contribution is 6.12. The number of hydrogen-bond acceptors (Lipinski definition) is 2.